The molecule has 2 saturated heterocycles. The summed E-state index contributed by atoms with van der Waals surface area (Å²) in [5.41, 5.74) is 0.677. The SMILES string of the molecule is O=C(O)C1COCCN1C(=O)C1CC(=O)N(c2ccc(Cl)cc2)C1. The largest absolute Gasteiger partial charge is 0.480 e. The maximum atomic E-state index is 12.7. The van der Waals surface area contributed by atoms with Gasteiger partial charge in [-0.1, -0.05) is 11.6 Å². The standard InChI is InChI=1S/C16H17ClN2O5/c17-11-1-3-12(4-2-11)19-8-10(7-14(19)20)15(21)18-5-6-24-9-13(18)16(22)23/h1-4,10,13H,5-9H2,(H,22,23). The highest BCUT2D eigenvalue weighted by molar-refractivity contribution is 6.30. The number of nitrogens with zero attached hydrogens (tertiary/aromatic N) is 2. The van der Waals surface area contributed by atoms with Crippen LogP contribution in [-0.2, 0) is 19.1 Å². The highest BCUT2D eigenvalue weighted by atomic mass is 35.5. The van der Waals surface area contributed by atoms with Gasteiger partial charge in [-0.2, -0.15) is 0 Å². The minimum absolute atomic E-state index is 0.0252. The van der Waals surface area contributed by atoms with Crippen LogP contribution in [0.4, 0.5) is 5.69 Å². The number of carbonyl (C=O) groups is 3. The number of amides is 2. The summed E-state index contributed by atoms with van der Waals surface area (Å²) < 4.78 is 5.14. The summed E-state index contributed by atoms with van der Waals surface area (Å²) in [4.78, 5) is 39.1. The van der Waals surface area contributed by atoms with E-state index in [4.69, 9.17) is 16.3 Å². The van der Waals surface area contributed by atoms with Gasteiger partial charge < -0.3 is 19.6 Å². The van der Waals surface area contributed by atoms with E-state index in [2.05, 4.69) is 0 Å². The molecule has 24 heavy (non-hydrogen) atoms. The first-order chi connectivity index (χ1) is 11.5. The van der Waals surface area contributed by atoms with Gasteiger partial charge in [-0.15, -0.1) is 0 Å². The summed E-state index contributed by atoms with van der Waals surface area (Å²) in [6.45, 7) is 0.740. The molecule has 3 rings (SSSR count). The Morgan fingerprint density at radius 2 is 1.96 bits per heavy atom. The van der Waals surface area contributed by atoms with Crippen molar-refractivity contribution in [1.29, 1.82) is 0 Å². The van der Waals surface area contributed by atoms with E-state index in [-0.39, 0.29) is 37.9 Å². The number of anilines is 1. The summed E-state index contributed by atoms with van der Waals surface area (Å²) >= 11 is 5.85. The molecule has 1 aromatic carbocycles. The molecule has 0 bridgehead atoms. The molecule has 2 atom stereocenters. The average Bonchev–Trinajstić information content (AvgIpc) is 2.96. The van der Waals surface area contributed by atoms with Crippen LogP contribution in [0.5, 0.6) is 0 Å². The molecule has 2 heterocycles. The molecule has 0 radical (unpaired) electrons. The van der Waals surface area contributed by atoms with Crippen LogP contribution in [0.2, 0.25) is 5.02 Å². The number of benzene rings is 1. The Balaban J connectivity index is 1.73. The van der Waals surface area contributed by atoms with Crippen LogP contribution in [-0.4, -0.2) is 60.1 Å². The van der Waals surface area contributed by atoms with Crippen molar-refractivity contribution in [2.45, 2.75) is 12.5 Å². The molecule has 8 heteroatoms. The first kappa shape index (κ1) is 16.7. The van der Waals surface area contributed by atoms with Gasteiger partial charge in [0.15, 0.2) is 6.04 Å². The minimum atomic E-state index is -1.10. The Hall–Kier alpha value is -2.12. The van der Waals surface area contributed by atoms with Crippen LogP contribution < -0.4 is 4.90 Å². The van der Waals surface area contributed by atoms with E-state index in [0.717, 1.165) is 0 Å². The van der Waals surface area contributed by atoms with Gasteiger partial charge in [0.1, 0.15) is 0 Å². The number of rotatable bonds is 3. The Labute approximate surface area is 143 Å². The smallest absolute Gasteiger partial charge is 0.328 e. The van der Waals surface area contributed by atoms with Crippen molar-refractivity contribution in [3.05, 3.63) is 29.3 Å². The Kier molecular flexibility index (Phi) is 4.73. The monoisotopic (exact) mass is 352 g/mol. The predicted octanol–water partition coefficient (Wildman–Crippen LogP) is 1.00. The number of carboxylic acid groups (broad SMARTS) is 1. The Morgan fingerprint density at radius 3 is 2.62 bits per heavy atom. The number of hydrogen-bond donors (Lipinski definition) is 1. The van der Waals surface area contributed by atoms with E-state index in [1.54, 1.807) is 24.3 Å². The van der Waals surface area contributed by atoms with Crippen molar-refractivity contribution < 1.29 is 24.2 Å². The minimum Gasteiger partial charge on any atom is -0.480 e. The molecule has 0 aromatic heterocycles. The van der Waals surface area contributed by atoms with Gasteiger partial charge in [-0.3, -0.25) is 9.59 Å². The van der Waals surface area contributed by atoms with E-state index in [1.165, 1.54) is 9.80 Å². The lowest BCUT2D eigenvalue weighted by atomic mass is 10.1. The molecular weight excluding hydrogens is 336 g/mol. The quantitative estimate of drug-likeness (QED) is 0.877. The topological polar surface area (TPSA) is 87.1 Å². The normalized spacial score (nSPS) is 24.3. The molecule has 1 aromatic rings. The molecule has 128 valence electrons. The number of carbonyl (C=O) groups excluding carboxylic acids is 2. The van der Waals surface area contributed by atoms with Crippen LogP contribution in [0.25, 0.3) is 0 Å². The number of halogens is 1. The third-order valence-electron chi connectivity index (χ3n) is 4.31. The molecule has 7 nitrogen and oxygen atoms in total. The van der Waals surface area contributed by atoms with Crippen molar-refractivity contribution in [3.63, 3.8) is 0 Å². The van der Waals surface area contributed by atoms with Gasteiger partial charge in [0.25, 0.3) is 0 Å². The van der Waals surface area contributed by atoms with Gasteiger partial charge in [-0.05, 0) is 24.3 Å². The fraction of sp³-hybridized carbons (Fsp3) is 0.438. The van der Waals surface area contributed by atoms with E-state index in [0.29, 0.717) is 17.3 Å². The van der Waals surface area contributed by atoms with Gasteiger partial charge in [0.05, 0.1) is 19.1 Å². The van der Waals surface area contributed by atoms with Crippen molar-refractivity contribution in [1.82, 2.24) is 4.90 Å². The molecule has 2 amide bonds. The zero-order valence-corrected chi connectivity index (χ0v) is 13.6. The lowest BCUT2D eigenvalue weighted by Gasteiger charge is -2.34. The van der Waals surface area contributed by atoms with Gasteiger partial charge in [-0.25, -0.2) is 4.79 Å². The number of aliphatic carboxylic acids is 1. The summed E-state index contributed by atoms with van der Waals surface area (Å²) in [6, 6.07) is 5.82. The number of ether oxygens (including phenoxy) is 1. The van der Waals surface area contributed by atoms with Crippen molar-refractivity contribution >= 4 is 35.1 Å². The molecule has 2 unspecified atom stereocenters. The van der Waals surface area contributed by atoms with Crippen molar-refractivity contribution in [2.75, 3.05) is 31.2 Å². The van der Waals surface area contributed by atoms with Crippen molar-refractivity contribution in [2.24, 2.45) is 5.92 Å². The third kappa shape index (κ3) is 3.22. The maximum absolute atomic E-state index is 12.7. The summed E-state index contributed by atoms with van der Waals surface area (Å²) in [7, 11) is 0. The molecule has 1 N–H and O–H groups in total. The van der Waals surface area contributed by atoms with Crippen LogP contribution in [0, 0.1) is 5.92 Å². The Bertz CT molecular complexity index is 663. The number of carboxylic acids is 1. The predicted molar refractivity (Wildman–Crippen MR) is 85.9 cm³/mol. The molecule has 0 spiro atoms. The lowest BCUT2D eigenvalue weighted by molar-refractivity contribution is -0.160. The first-order valence-corrected chi connectivity index (χ1v) is 8.02. The summed E-state index contributed by atoms with van der Waals surface area (Å²) in [5.74, 6) is -2.11. The molecule has 0 saturated carbocycles. The molecule has 0 aliphatic carbocycles. The molecule has 2 fully saturated rings. The van der Waals surface area contributed by atoms with Gasteiger partial charge >= 0.3 is 5.97 Å². The van der Waals surface area contributed by atoms with Gasteiger partial charge in [0.2, 0.25) is 11.8 Å². The second kappa shape index (κ2) is 6.78. The maximum Gasteiger partial charge on any atom is 0.328 e. The zero-order valence-electron chi connectivity index (χ0n) is 12.9. The highest BCUT2D eigenvalue weighted by Crippen LogP contribution is 2.28. The first-order valence-electron chi connectivity index (χ1n) is 7.64. The average molecular weight is 353 g/mol. The van der Waals surface area contributed by atoms with E-state index in [9.17, 15) is 19.5 Å². The van der Waals surface area contributed by atoms with E-state index in [1.807, 2.05) is 0 Å². The van der Waals surface area contributed by atoms with Crippen LogP contribution in [0.1, 0.15) is 6.42 Å². The van der Waals surface area contributed by atoms with E-state index < -0.39 is 17.9 Å². The van der Waals surface area contributed by atoms with E-state index >= 15 is 0 Å². The van der Waals surface area contributed by atoms with Gasteiger partial charge in [0, 0.05) is 30.2 Å². The number of morpholine rings is 1. The molecule has 2 aliphatic rings. The van der Waals surface area contributed by atoms with Crippen LogP contribution in [0.15, 0.2) is 24.3 Å². The van der Waals surface area contributed by atoms with Crippen LogP contribution >= 0.6 is 11.6 Å². The fourth-order valence-corrected chi connectivity index (χ4v) is 3.18. The van der Waals surface area contributed by atoms with Crippen molar-refractivity contribution in [3.8, 4) is 0 Å². The third-order valence-corrected chi connectivity index (χ3v) is 4.56. The highest BCUT2D eigenvalue weighted by Gasteiger charge is 2.41. The second-order valence-corrected chi connectivity index (χ2v) is 6.28. The molecular formula is C16H17ClN2O5. The van der Waals surface area contributed by atoms with Crippen LogP contribution in [0.3, 0.4) is 0 Å². The molecule has 2 aliphatic heterocycles. The second-order valence-electron chi connectivity index (χ2n) is 5.84. The zero-order chi connectivity index (χ0) is 17.3. The number of hydrogen-bond acceptors (Lipinski definition) is 4. The summed E-state index contributed by atoms with van der Waals surface area (Å²) in [6.07, 6.45) is 0.0746. The fourth-order valence-electron chi connectivity index (χ4n) is 3.05. The lowest BCUT2D eigenvalue weighted by Crippen LogP contribution is -2.54. The summed E-state index contributed by atoms with van der Waals surface area (Å²) in [5, 5.41) is 9.81. The Morgan fingerprint density at radius 1 is 1.25 bits per heavy atom.